The Balaban J connectivity index is 0.000000192. The largest absolute Gasteiger partial charge is 0.478 e. The van der Waals surface area contributed by atoms with Gasteiger partial charge in [0.25, 0.3) is 0 Å². The fourth-order valence-electron chi connectivity index (χ4n) is 3.31. The van der Waals surface area contributed by atoms with Gasteiger partial charge in [-0.25, -0.2) is 9.59 Å². The molecule has 4 aromatic rings. The van der Waals surface area contributed by atoms with Crippen LogP contribution in [-0.2, 0) is 4.74 Å². The van der Waals surface area contributed by atoms with E-state index < -0.39 is 5.97 Å². The minimum absolute atomic E-state index is 0.250. The van der Waals surface area contributed by atoms with E-state index in [1.165, 1.54) is 0 Å². The van der Waals surface area contributed by atoms with Gasteiger partial charge in [0.1, 0.15) is 0 Å². The third-order valence-corrected chi connectivity index (χ3v) is 5.04. The van der Waals surface area contributed by atoms with Crippen molar-refractivity contribution in [1.82, 2.24) is 9.97 Å². The topological polar surface area (TPSA) is 89.4 Å². The maximum Gasteiger partial charge on any atom is 0.339 e. The van der Waals surface area contributed by atoms with Crippen molar-refractivity contribution in [1.29, 1.82) is 0 Å². The second-order valence-corrected chi connectivity index (χ2v) is 7.42. The third-order valence-electron chi connectivity index (χ3n) is 5.04. The zero-order valence-electron chi connectivity index (χ0n) is 19.4. The van der Waals surface area contributed by atoms with Crippen LogP contribution in [0.1, 0.15) is 39.0 Å². The second-order valence-electron chi connectivity index (χ2n) is 7.42. The minimum Gasteiger partial charge on any atom is -0.478 e. The van der Waals surface area contributed by atoms with Crippen LogP contribution in [-0.4, -0.2) is 33.6 Å². The van der Waals surface area contributed by atoms with Crippen LogP contribution in [0.15, 0.2) is 84.9 Å². The highest BCUT2D eigenvalue weighted by molar-refractivity contribution is 5.91. The lowest BCUT2D eigenvalue weighted by molar-refractivity contribution is 0.0524. The van der Waals surface area contributed by atoms with Crippen LogP contribution in [0.4, 0.5) is 0 Å². The number of pyridine rings is 2. The van der Waals surface area contributed by atoms with Gasteiger partial charge >= 0.3 is 11.9 Å². The molecule has 0 aliphatic heterocycles. The molecule has 6 heteroatoms. The molecule has 0 aliphatic carbocycles. The summed E-state index contributed by atoms with van der Waals surface area (Å²) in [4.78, 5) is 31.2. The predicted octanol–water partition coefficient (Wildman–Crippen LogP) is 5.99. The van der Waals surface area contributed by atoms with Gasteiger partial charge in [-0.1, -0.05) is 60.7 Å². The molecule has 0 fully saturated rings. The molecule has 0 unspecified atom stereocenters. The predicted molar refractivity (Wildman–Crippen MR) is 132 cm³/mol. The Kier molecular flexibility index (Phi) is 8.24. The Morgan fingerprint density at radius 2 is 1.15 bits per heavy atom. The van der Waals surface area contributed by atoms with Gasteiger partial charge in [0.15, 0.2) is 0 Å². The molecule has 0 amide bonds. The molecule has 2 aromatic heterocycles. The number of carbonyl (C=O) groups excluding carboxylic acids is 1. The molecular formula is C28H26N2O4. The summed E-state index contributed by atoms with van der Waals surface area (Å²) >= 11 is 0. The number of carbonyl (C=O) groups is 2. The Morgan fingerprint density at radius 1 is 0.706 bits per heavy atom. The van der Waals surface area contributed by atoms with Crippen LogP contribution < -0.4 is 0 Å². The van der Waals surface area contributed by atoms with Crippen molar-refractivity contribution in [3.8, 4) is 22.5 Å². The second kappa shape index (κ2) is 11.5. The van der Waals surface area contributed by atoms with Crippen molar-refractivity contribution in [2.45, 2.75) is 20.8 Å². The zero-order chi connectivity index (χ0) is 24.5. The quantitative estimate of drug-likeness (QED) is 0.373. The fourth-order valence-corrected chi connectivity index (χ4v) is 3.31. The molecule has 4 rings (SSSR count). The molecule has 2 heterocycles. The van der Waals surface area contributed by atoms with Crippen LogP contribution in [0.25, 0.3) is 22.5 Å². The molecule has 0 atom stereocenters. The molecule has 34 heavy (non-hydrogen) atoms. The van der Waals surface area contributed by atoms with E-state index in [0.29, 0.717) is 23.6 Å². The van der Waals surface area contributed by atoms with E-state index in [-0.39, 0.29) is 11.5 Å². The van der Waals surface area contributed by atoms with Gasteiger partial charge in [-0.3, -0.25) is 9.97 Å². The van der Waals surface area contributed by atoms with Crippen molar-refractivity contribution in [3.63, 3.8) is 0 Å². The van der Waals surface area contributed by atoms with Crippen LogP contribution in [0.2, 0.25) is 0 Å². The number of aromatic nitrogens is 2. The SMILES string of the molecule is CCOC(=O)c1ccc(-c2ccccc2)nc1C.Cc1nc(-c2ccccc2)ccc1C(=O)O. The van der Waals surface area contributed by atoms with Gasteiger partial charge in [-0.2, -0.15) is 0 Å². The van der Waals surface area contributed by atoms with E-state index in [9.17, 15) is 9.59 Å². The number of aryl methyl sites for hydroxylation is 2. The van der Waals surface area contributed by atoms with E-state index in [0.717, 1.165) is 22.5 Å². The van der Waals surface area contributed by atoms with Crippen LogP contribution in [0.5, 0.6) is 0 Å². The number of nitrogens with zero attached hydrogens (tertiary/aromatic N) is 2. The molecule has 0 saturated carbocycles. The van der Waals surface area contributed by atoms with Crippen LogP contribution in [0, 0.1) is 13.8 Å². The molecule has 0 saturated heterocycles. The van der Waals surface area contributed by atoms with Crippen molar-refractivity contribution >= 4 is 11.9 Å². The molecule has 6 nitrogen and oxygen atoms in total. The monoisotopic (exact) mass is 454 g/mol. The van der Waals surface area contributed by atoms with Crippen molar-refractivity contribution in [3.05, 3.63) is 107 Å². The summed E-state index contributed by atoms with van der Waals surface area (Å²) in [6.45, 7) is 5.69. The maximum absolute atomic E-state index is 11.7. The molecule has 2 aromatic carbocycles. The average Bonchev–Trinajstić information content (AvgIpc) is 2.85. The van der Waals surface area contributed by atoms with Gasteiger partial charge in [-0.05, 0) is 45.0 Å². The summed E-state index contributed by atoms with van der Waals surface area (Å²) in [5.41, 5.74) is 5.68. The van der Waals surface area contributed by atoms with Gasteiger partial charge in [-0.15, -0.1) is 0 Å². The first-order valence-electron chi connectivity index (χ1n) is 10.9. The summed E-state index contributed by atoms with van der Waals surface area (Å²) < 4.78 is 4.98. The Hall–Kier alpha value is -4.32. The fraction of sp³-hybridized carbons (Fsp3) is 0.143. The van der Waals surface area contributed by atoms with Crippen molar-refractivity contribution in [2.75, 3.05) is 6.61 Å². The van der Waals surface area contributed by atoms with E-state index >= 15 is 0 Å². The van der Waals surface area contributed by atoms with Crippen molar-refractivity contribution in [2.24, 2.45) is 0 Å². The normalized spacial score (nSPS) is 10.1. The van der Waals surface area contributed by atoms with Crippen molar-refractivity contribution < 1.29 is 19.4 Å². The van der Waals surface area contributed by atoms with Crippen LogP contribution >= 0.6 is 0 Å². The number of carboxylic acid groups (broad SMARTS) is 1. The number of ether oxygens (including phenoxy) is 1. The molecule has 1 N–H and O–H groups in total. The minimum atomic E-state index is -0.940. The summed E-state index contributed by atoms with van der Waals surface area (Å²) in [5.74, 6) is -1.26. The van der Waals surface area contributed by atoms with Gasteiger partial charge in [0.05, 0.1) is 40.5 Å². The maximum atomic E-state index is 11.7. The third kappa shape index (κ3) is 6.13. The highest BCUT2D eigenvalue weighted by Crippen LogP contribution is 2.19. The van der Waals surface area contributed by atoms with Crippen LogP contribution in [0.3, 0.4) is 0 Å². The van der Waals surface area contributed by atoms with Gasteiger partial charge < -0.3 is 9.84 Å². The molecule has 172 valence electrons. The molecule has 0 radical (unpaired) electrons. The first-order chi connectivity index (χ1) is 16.4. The number of carboxylic acids is 1. The lowest BCUT2D eigenvalue weighted by Crippen LogP contribution is -2.08. The summed E-state index contributed by atoms with van der Waals surface area (Å²) in [6.07, 6.45) is 0. The lowest BCUT2D eigenvalue weighted by Gasteiger charge is -2.07. The van der Waals surface area contributed by atoms with E-state index in [4.69, 9.17) is 9.84 Å². The zero-order valence-corrected chi connectivity index (χ0v) is 19.4. The van der Waals surface area contributed by atoms with Gasteiger partial charge in [0.2, 0.25) is 0 Å². The molecule has 0 aliphatic rings. The molecule has 0 spiro atoms. The number of benzene rings is 2. The smallest absolute Gasteiger partial charge is 0.339 e. The number of rotatable bonds is 5. The highest BCUT2D eigenvalue weighted by atomic mass is 16.5. The number of esters is 1. The first kappa shape index (κ1) is 24.3. The van der Waals surface area contributed by atoms with E-state index in [2.05, 4.69) is 9.97 Å². The Bertz CT molecular complexity index is 1270. The average molecular weight is 455 g/mol. The number of aromatic carboxylic acids is 1. The lowest BCUT2D eigenvalue weighted by atomic mass is 10.1. The number of hydrogen-bond acceptors (Lipinski definition) is 5. The standard InChI is InChI=1S/C15H15NO2.C13H11NO2/c1-3-18-15(17)13-9-10-14(16-11(13)2)12-7-5-4-6-8-12;1-9-11(13(15)16)7-8-12(14-9)10-5-3-2-4-6-10/h4-10H,3H2,1-2H3;2-8H,1H3,(H,15,16). The first-order valence-corrected chi connectivity index (χ1v) is 10.9. The summed E-state index contributed by atoms with van der Waals surface area (Å²) in [6, 6.07) is 26.5. The van der Waals surface area contributed by atoms with Gasteiger partial charge in [0, 0.05) is 11.1 Å². The molecule has 0 bridgehead atoms. The van der Waals surface area contributed by atoms with E-state index in [1.54, 1.807) is 32.0 Å². The highest BCUT2D eigenvalue weighted by Gasteiger charge is 2.12. The Morgan fingerprint density at radius 3 is 1.53 bits per heavy atom. The van der Waals surface area contributed by atoms with E-state index in [1.807, 2.05) is 73.7 Å². The Labute approximate surface area is 198 Å². The number of hydrogen-bond donors (Lipinski definition) is 1. The molecular weight excluding hydrogens is 428 g/mol. The summed E-state index contributed by atoms with van der Waals surface area (Å²) in [7, 11) is 0. The summed E-state index contributed by atoms with van der Waals surface area (Å²) in [5, 5.41) is 8.89.